The lowest BCUT2D eigenvalue weighted by atomic mass is 10.2. The number of amides is 1. The van der Waals surface area contributed by atoms with Gasteiger partial charge in [-0.2, -0.15) is 0 Å². The van der Waals surface area contributed by atoms with Gasteiger partial charge >= 0.3 is 0 Å². The van der Waals surface area contributed by atoms with Crippen molar-refractivity contribution in [3.05, 3.63) is 66.2 Å². The summed E-state index contributed by atoms with van der Waals surface area (Å²) in [5, 5.41) is 2.87. The topological polar surface area (TPSA) is 73.0 Å². The molecule has 32 heavy (non-hydrogen) atoms. The molecule has 0 spiro atoms. The predicted octanol–water partition coefficient (Wildman–Crippen LogP) is 2.59. The Morgan fingerprint density at radius 1 is 1.06 bits per heavy atom. The molecule has 1 N–H and O–H groups in total. The second-order valence-electron chi connectivity index (χ2n) is 8.13. The van der Waals surface area contributed by atoms with Crippen molar-refractivity contribution in [3.8, 4) is 0 Å². The van der Waals surface area contributed by atoms with Crippen LogP contribution < -0.4 is 5.32 Å². The van der Waals surface area contributed by atoms with Crippen LogP contribution in [0.5, 0.6) is 0 Å². The Bertz CT molecular complexity index is 1030. The van der Waals surface area contributed by atoms with E-state index in [1.54, 1.807) is 12.1 Å². The Morgan fingerprint density at radius 3 is 2.41 bits per heavy atom. The number of sulfonamides is 1. The number of anilines is 1. The molecule has 1 heterocycles. The third-order valence-electron chi connectivity index (χ3n) is 5.69. The monoisotopic (exact) mass is 456 g/mol. The molecule has 0 saturated carbocycles. The van der Waals surface area contributed by atoms with E-state index in [2.05, 4.69) is 39.4 Å². The summed E-state index contributed by atoms with van der Waals surface area (Å²) in [6, 6.07) is 16.3. The van der Waals surface area contributed by atoms with Crippen molar-refractivity contribution in [3.63, 3.8) is 0 Å². The van der Waals surface area contributed by atoms with Crippen LogP contribution in [-0.2, 0) is 14.8 Å². The summed E-state index contributed by atoms with van der Waals surface area (Å²) in [6.45, 7) is 6.18. The van der Waals surface area contributed by atoms with E-state index in [-0.39, 0.29) is 16.8 Å². The molecule has 7 nitrogen and oxygen atoms in total. The SMILES string of the molecule is CC(C(=O)Nc1cccc(S(=O)(=O)N(C)C)c1)N1CCN(C/C=C/c2ccccc2)CC1. The lowest BCUT2D eigenvalue weighted by Gasteiger charge is -2.37. The van der Waals surface area contributed by atoms with Crippen molar-refractivity contribution in [2.24, 2.45) is 0 Å². The molecule has 8 heteroatoms. The molecule has 1 saturated heterocycles. The zero-order chi connectivity index (χ0) is 23.1. The van der Waals surface area contributed by atoms with Crippen LogP contribution in [0.3, 0.4) is 0 Å². The highest BCUT2D eigenvalue weighted by atomic mass is 32.2. The summed E-state index contributed by atoms with van der Waals surface area (Å²) in [7, 11) is -0.575. The van der Waals surface area contributed by atoms with Crippen LogP contribution in [0.1, 0.15) is 12.5 Å². The Hall–Kier alpha value is -2.52. The summed E-state index contributed by atoms with van der Waals surface area (Å²) in [5.74, 6) is -0.137. The molecule has 0 bridgehead atoms. The van der Waals surface area contributed by atoms with Gasteiger partial charge in [0.1, 0.15) is 0 Å². The fourth-order valence-electron chi connectivity index (χ4n) is 3.59. The average Bonchev–Trinajstić information content (AvgIpc) is 2.80. The molecule has 1 amide bonds. The van der Waals surface area contributed by atoms with Gasteiger partial charge in [0, 0.05) is 52.5 Å². The van der Waals surface area contributed by atoms with E-state index >= 15 is 0 Å². The van der Waals surface area contributed by atoms with Gasteiger partial charge in [-0.3, -0.25) is 14.6 Å². The maximum atomic E-state index is 12.8. The predicted molar refractivity (Wildman–Crippen MR) is 129 cm³/mol. The van der Waals surface area contributed by atoms with E-state index in [9.17, 15) is 13.2 Å². The van der Waals surface area contributed by atoms with Gasteiger partial charge in [-0.15, -0.1) is 0 Å². The van der Waals surface area contributed by atoms with Gasteiger partial charge in [-0.25, -0.2) is 12.7 Å². The number of carbonyl (C=O) groups is 1. The van der Waals surface area contributed by atoms with Gasteiger partial charge in [0.05, 0.1) is 10.9 Å². The van der Waals surface area contributed by atoms with Crippen LogP contribution >= 0.6 is 0 Å². The fourth-order valence-corrected chi connectivity index (χ4v) is 4.54. The van der Waals surface area contributed by atoms with Crippen LogP contribution in [0.15, 0.2) is 65.6 Å². The summed E-state index contributed by atoms with van der Waals surface area (Å²) in [4.78, 5) is 17.5. The van der Waals surface area contributed by atoms with Crippen molar-refractivity contribution >= 4 is 27.7 Å². The number of nitrogens with zero attached hydrogens (tertiary/aromatic N) is 3. The van der Waals surface area contributed by atoms with Crippen LogP contribution in [0.4, 0.5) is 5.69 Å². The Morgan fingerprint density at radius 2 is 1.75 bits per heavy atom. The minimum Gasteiger partial charge on any atom is -0.325 e. The smallest absolute Gasteiger partial charge is 0.242 e. The Kier molecular flexibility index (Phi) is 8.20. The van der Waals surface area contributed by atoms with Gasteiger partial charge in [-0.05, 0) is 30.7 Å². The number of hydrogen-bond acceptors (Lipinski definition) is 5. The third kappa shape index (κ3) is 6.26. The van der Waals surface area contributed by atoms with Crippen LogP contribution in [-0.4, -0.2) is 81.3 Å². The molecular formula is C24H32N4O3S. The third-order valence-corrected chi connectivity index (χ3v) is 7.50. The van der Waals surface area contributed by atoms with Crippen molar-refractivity contribution < 1.29 is 13.2 Å². The number of rotatable bonds is 8. The van der Waals surface area contributed by atoms with Gasteiger partial charge in [0.25, 0.3) is 0 Å². The molecule has 0 aromatic heterocycles. The molecule has 3 rings (SSSR count). The molecule has 2 aromatic rings. The normalized spacial score (nSPS) is 17.0. The standard InChI is InChI=1S/C24H32N4O3S/c1-20(24(29)25-22-12-7-13-23(19-22)32(30,31)26(2)3)28-17-15-27(16-18-28)14-8-11-21-9-5-4-6-10-21/h4-13,19-20H,14-18H2,1-3H3,(H,25,29)/b11-8+. The number of carbonyl (C=O) groups excluding carboxylic acids is 1. The molecule has 2 aromatic carbocycles. The highest BCUT2D eigenvalue weighted by molar-refractivity contribution is 7.89. The molecule has 1 fully saturated rings. The first-order valence-corrected chi connectivity index (χ1v) is 12.2. The van der Waals surface area contributed by atoms with Crippen LogP contribution in [0.2, 0.25) is 0 Å². The van der Waals surface area contributed by atoms with E-state index in [4.69, 9.17) is 0 Å². The van der Waals surface area contributed by atoms with E-state index in [0.29, 0.717) is 5.69 Å². The molecule has 172 valence electrons. The van der Waals surface area contributed by atoms with Gasteiger partial charge in [0.2, 0.25) is 15.9 Å². The van der Waals surface area contributed by atoms with E-state index in [0.717, 1.165) is 37.0 Å². The second-order valence-corrected chi connectivity index (χ2v) is 10.3. The van der Waals surface area contributed by atoms with Crippen molar-refractivity contribution in [1.82, 2.24) is 14.1 Å². The van der Waals surface area contributed by atoms with E-state index < -0.39 is 10.0 Å². The number of piperazine rings is 1. The zero-order valence-electron chi connectivity index (χ0n) is 18.9. The summed E-state index contributed by atoms with van der Waals surface area (Å²) in [6.07, 6.45) is 4.31. The minimum atomic E-state index is -3.55. The van der Waals surface area contributed by atoms with Crippen molar-refractivity contribution in [2.75, 3.05) is 52.1 Å². The highest BCUT2D eigenvalue weighted by Gasteiger charge is 2.25. The number of nitrogens with one attached hydrogen (secondary N) is 1. The van der Waals surface area contributed by atoms with E-state index in [1.165, 1.54) is 31.8 Å². The molecule has 1 aliphatic heterocycles. The quantitative estimate of drug-likeness (QED) is 0.661. The molecular weight excluding hydrogens is 424 g/mol. The maximum Gasteiger partial charge on any atom is 0.242 e. The Labute approximate surface area is 191 Å². The molecule has 1 atom stereocenters. The van der Waals surface area contributed by atoms with Gasteiger partial charge in [0.15, 0.2) is 0 Å². The average molecular weight is 457 g/mol. The van der Waals surface area contributed by atoms with Crippen LogP contribution in [0.25, 0.3) is 6.08 Å². The molecule has 0 aliphatic carbocycles. The first kappa shape index (κ1) is 24.1. The number of hydrogen-bond donors (Lipinski definition) is 1. The first-order chi connectivity index (χ1) is 15.3. The van der Waals surface area contributed by atoms with Gasteiger partial charge in [-0.1, -0.05) is 48.6 Å². The van der Waals surface area contributed by atoms with Gasteiger partial charge < -0.3 is 5.32 Å². The summed E-state index contributed by atoms with van der Waals surface area (Å²) >= 11 is 0. The molecule has 1 unspecified atom stereocenters. The largest absolute Gasteiger partial charge is 0.325 e. The summed E-state index contributed by atoms with van der Waals surface area (Å²) in [5.41, 5.74) is 1.67. The van der Waals surface area contributed by atoms with E-state index in [1.807, 2.05) is 25.1 Å². The van der Waals surface area contributed by atoms with Crippen molar-refractivity contribution in [2.45, 2.75) is 17.9 Å². The fraction of sp³-hybridized carbons (Fsp3) is 0.375. The second kappa shape index (κ2) is 10.9. The lowest BCUT2D eigenvalue weighted by Crippen LogP contribution is -2.52. The first-order valence-electron chi connectivity index (χ1n) is 10.8. The zero-order valence-corrected chi connectivity index (χ0v) is 19.8. The summed E-state index contributed by atoms with van der Waals surface area (Å²) < 4.78 is 25.8. The maximum absolute atomic E-state index is 12.8. The van der Waals surface area contributed by atoms with Crippen molar-refractivity contribution in [1.29, 1.82) is 0 Å². The highest BCUT2D eigenvalue weighted by Crippen LogP contribution is 2.19. The van der Waals surface area contributed by atoms with Crippen LogP contribution in [0, 0.1) is 0 Å². The number of benzene rings is 2. The Balaban J connectivity index is 1.50. The molecule has 0 radical (unpaired) electrons. The lowest BCUT2D eigenvalue weighted by molar-refractivity contribution is -0.121. The minimum absolute atomic E-state index is 0.137. The molecule has 1 aliphatic rings.